The van der Waals surface area contributed by atoms with Crippen molar-refractivity contribution >= 4 is 29.6 Å². The van der Waals surface area contributed by atoms with Crippen LogP contribution in [0.1, 0.15) is 41.0 Å². The molecule has 23 heavy (non-hydrogen) atoms. The Bertz CT molecular complexity index is 514. The maximum absolute atomic E-state index is 12.4. The van der Waals surface area contributed by atoms with E-state index in [9.17, 15) is 14.4 Å². The lowest BCUT2D eigenvalue weighted by Crippen LogP contribution is -2.70. The van der Waals surface area contributed by atoms with E-state index in [-0.39, 0.29) is 35.7 Å². The number of hydrogen-bond acceptors (Lipinski definition) is 6. The summed E-state index contributed by atoms with van der Waals surface area (Å²) in [4.78, 5) is 38.1. The molecule has 1 unspecified atom stereocenters. The number of carbonyl (C=O) groups is 3. The van der Waals surface area contributed by atoms with Crippen molar-refractivity contribution in [1.29, 1.82) is 0 Å². The highest BCUT2D eigenvalue weighted by Gasteiger charge is 2.61. The number of amides is 1. The molecule has 1 fully saturated rings. The summed E-state index contributed by atoms with van der Waals surface area (Å²) < 4.78 is 9.75. The van der Waals surface area contributed by atoms with E-state index in [1.165, 1.54) is 11.8 Å². The van der Waals surface area contributed by atoms with Gasteiger partial charge < -0.3 is 9.47 Å². The second kappa shape index (κ2) is 7.26. The smallest absolute Gasteiger partial charge is 0.356 e. The Morgan fingerprint density at radius 3 is 2.04 bits per heavy atom. The van der Waals surface area contributed by atoms with Crippen molar-refractivity contribution in [2.75, 3.05) is 13.2 Å². The first-order chi connectivity index (χ1) is 10.6. The quantitative estimate of drug-likeness (QED) is 0.316. The van der Waals surface area contributed by atoms with Gasteiger partial charge in [0.25, 0.3) is 0 Å². The molecule has 0 radical (unpaired) electrons. The number of nitrogens with zero attached hydrogens (tertiary/aromatic N) is 1. The van der Waals surface area contributed by atoms with Crippen LogP contribution in [0.5, 0.6) is 0 Å². The first kappa shape index (κ1) is 19.4. The van der Waals surface area contributed by atoms with Gasteiger partial charge in [-0.1, -0.05) is 26.7 Å². The summed E-state index contributed by atoms with van der Waals surface area (Å²) >= 11 is 1.46. The van der Waals surface area contributed by atoms with Crippen molar-refractivity contribution in [2.45, 2.75) is 56.7 Å². The standard InChI is InChI=1S/C16H23NO5S/c1-7-16(13(19)21-8-2,14(20)22-9-3)17-11(18)10-12(17)23-15(4,5)6/h1,12H,8-10H2,2-6H3. The van der Waals surface area contributed by atoms with Gasteiger partial charge in [-0.2, -0.15) is 0 Å². The lowest BCUT2D eigenvalue weighted by atomic mass is 9.93. The minimum atomic E-state index is -2.16. The van der Waals surface area contributed by atoms with Crippen LogP contribution < -0.4 is 0 Å². The van der Waals surface area contributed by atoms with E-state index in [4.69, 9.17) is 15.9 Å². The van der Waals surface area contributed by atoms with Crippen molar-refractivity contribution in [3.05, 3.63) is 0 Å². The van der Waals surface area contributed by atoms with E-state index < -0.39 is 17.5 Å². The van der Waals surface area contributed by atoms with Gasteiger partial charge in [-0.05, 0) is 13.8 Å². The molecule has 0 aromatic carbocycles. The third-order valence-electron chi connectivity index (χ3n) is 3.11. The molecule has 1 aliphatic heterocycles. The fourth-order valence-electron chi connectivity index (χ4n) is 2.23. The van der Waals surface area contributed by atoms with Crippen LogP contribution in [-0.2, 0) is 23.9 Å². The molecule has 0 saturated carbocycles. The summed E-state index contributed by atoms with van der Waals surface area (Å²) in [6, 6.07) is 0. The highest BCUT2D eigenvalue weighted by atomic mass is 32.2. The van der Waals surface area contributed by atoms with E-state index in [2.05, 4.69) is 5.92 Å². The van der Waals surface area contributed by atoms with Gasteiger partial charge in [0.2, 0.25) is 5.91 Å². The van der Waals surface area contributed by atoms with Crippen LogP contribution in [0.2, 0.25) is 0 Å². The Kier molecular flexibility index (Phi) is 6.11. The van der Waals surface area contributed by atoms with Gasteiger partial charge in [-0.3, -0.25) is 9.69 Å². The predicted octanol–water partition coefficient (Wildman–Crippen LogP) is 1.57. The molecule has 1 amide bonds. The summed E-state index contributed by atoms with van der Waals surface area (Å²) in [6.45, 7) is 9.22. The number of likely N-dealkylation sites (tertiary alicyclic amines) is 1. The summed E-state index contributed by atoms with van der Waals surface area (Å²) in [5, 5.41) is -0.382. The Labute approximate surface area is 141 Å². The third-order valence-corrected chi connectivity index (χ3v) is 4.46. The first-order valence-electron chi connectivity index (χ1n) is 7.46. The Balaban J connectivity index is 3.27. The molecule has 128 valence electrons. The molecule has 1 atom stereocenters. The third kappa shape index (κ3) is 3.81. The summed E-state index contributed by atoms with van der Waals surface area (Å²) in [6.07, 6.45) is 5.73. The zero-order valence-corrected chi connectivity index (χ0v) is 15.0. The van der Waals surface area contributed by atoms with Gasteiger partial charge in [-0.15, -0.1) is 18.2 Å². The van der Waals surface area contributed by atoms with Crippen LogP contribution in [0.25, 0.3) is 0 Å². The van der Waals surface area contributed by atoms with E-state index in [1.807, 2.05) is 20.8 Å². The number of esters is 2. The monoisotopic (exact) mass is 341 g/mol. The van der Waals surface area contributed by atoms with Crippen molar-refractivity contribution < 1.29 is 23.9 Å². The number of terminal acetylenes is 1. The van der Waals surface area contributed by atoms with Crippen LogP contribution in [0.3, 0.4) is 0 Å². The van der Waals surface area contributed by atoms with Crippen LogP contribution in [0.4, 0.5) is 0 Å². The lowest BCUT2D eigenvalue weighted by molar-refractivity contribution is -0.180. The summed E-state index contributed by atoms with van der Waals surface area (Å²) in [7, 11) is 0. The van der Waals surface area contributed by atoms with E-state index in [1.54, 1.807) is 13.8 Å². The van der Waals surface area contributed by atoms with E-state index in [0.29, 0.717) is 0 Å². The maximum atomic E-state index is 12.4. The zero-order valence-electron chi connectivity index (χ0n) is 14.2. The molecular formula is C16H23NO5S. The fourth-order valence-corrected chi connectivity index (χ4v) is 3.65. The number of rotatable bonds is 6. The van der Waals surface area contributed by atoms with Gasteiger partial charge in [-0.25, -0.2) is 9.59 Å². The van der Waals surface area contributed by atoms with Crippen LogP contribution >= 0.6 is 11.8 Å². The van der Waals surface area contributed by atoms with Crippen LogP contribution in [0.15, 0.2) is 0 Å². The van der Waals surface area contributed by atoms with Gasteiger partial charge in [0.1, 0.15) is 0 Å². The van der Waals surface area contributed by atoms with Crippen molar-refractivity contribution in [1.82, 2.24) is 4.90 Å². The van der Waals surface area contributed by atoms with Gasteiger partial charge in [0, 0.05) is 4.75 Å². The van der Waals surface area contributed by atoms with Crippen LogP contribution in [-0.4, -0.2) is 51.6 Å². The minimum Gasteiger partial charge on any atom is -0.463 e. The van der Waals surface area contributed by atoms with E-state index in [0.717, 1.165) is 4.90 Å². The van der Waals surface area contributed by atoms with Crippen molar-refractivity contribution in [3.63, 3.8) is 0 Å². The number of thioether (sulfide) groups is 1. The molecule has 0 spiro atoms. The molecule has 0 aromatic heterocycles. The highest BCUT2D eigenvalue weighted by Crippen LogP contribution is 2.42. The zero-order chi connectivity index (χ0) is 17.8. The topological polar surface area (TPSA) is 72.9 Å². The molecule has 1 aliphatic rings. The molecule has 1 rings (SSSR count). The Hall–Kier alpha value is -1.68. The SMILES string of the molecule is C#CC(C(=O)OCC)(C(=O)OCC)N1C(=O)CC1SC(C)(C)C. The highest BCUT2D eigenvalue weighted by molar-refractivity contribution is 8.01. The molecule has 1 saturated heterocycles. The first-order valence-corrected chi connectivity index (χ1v) is 8.34. The summed E-state index contributed by atoms with van der Waals surface area (Å²) in [5.74, 6) is -0.0950. The van der Waals surface area contributed by atoms with Gasteiger partial charge >= 0.3 is 17.5 Å². The normalized spacial score (nSPS) is 18.0. The predicted molar refractivity (Wildman–Crippen MR) is 87.4 cm³/mol. The largest absolute Gasteiger partial charge is 0.463 e. The fraction of sp³-hybridized carbons (Fsp3) is 0.688. The average molecular weight is 341 g/mol. The van der Waals surface area contributed by atoms with Gasteiger partial charge in [0.05, 0.1) is 25.0 Å². The lowest BCUT2D eigenvalue weighted by Gasteiger charge is -2.48. The van der Waals surface area contributed by atoms with Crippen molar-refractivity contribution in [2.24, 2.45) is 0 Å². The minimum absolute atomic E-state index is 0.0424. The molecule has 6 nitrogen and oxygen atoms in total. The molecule has 0 N–H and O–H groups in total. The number of ether oxygens (including phenoxy) is 2. The second-order valence-corrected chi connectivity index (χ2v) is 7.95. The number of β-lactam (4-membered cyclic amide) rings is 1. The Morgan fingerprint density at radius 2 is 1.74 bits per heavy atom. The molecule has 0 aliphatic carbocycles. The van der Waals surface area contributed by atoms with E-state index >= 15 is 0 Å². The summed E-state index contributed by atoms with van der Waals surface area (Å²) in [5.41, 5.74) is -2.16. The Morgan fingerprint density at radius 1 is 1.26 bits per heavy atom. The maximum Gasteiger partial charge on any atom is 0.356 e. The molecule has 1 heterocycles. The van der Waals surface area contributed by atoms with Crippen molar-refractivity contribution in [3.8, 4) is 12.3 Å². The molecule has 7 heteroatoms. The molecule has 0 aromatic rings. The van der Waals surface area contributed by atoms with Crippen LogP contribution in [0, 0.1) is 12.3 Å². The number of hydrogen-bond donors (Lipinski definition) is 0. The molecule has 0 bridgehead atoms. The molecular weight excluding hydrogens is 318 g/mol. The average Bonchev–Trinajstić information content (AvgIpc) is 2.43. The number of carbonyl (C=O) groups excluding carboxylic acids is 3. The second-order valence-electron chi connectivity index (χ2n) is 5.95. The van der Waals surface area contributed by atoms with Gasteiger partial charge in [0.15, 0.2) is 0 Å².